The fraction of sp³-hybridized carbons (Fsp3) is 0.333. The van der Waals surface area contributed by atoms with Crippen LogP contribution in [0, 0.1) is 5.82 Å². The van der Waals surface area contributed by atoms with Gasteiger partial charge in [0.1, 0.15) is 5.82 Å². The van der Waals surface area contributed by atoms with Crippen molar-refractivity contribution in [3.63, 3.8) is 0 Å². The molecule has 3 heteroatoms. The van der Waals surface area contributed by atoms with Crippen molar-refractivity contribution in [2.45, 2.75) is 6.04 Å². The molecule has 0 aliphatic carbocycles. The van der Waals surface area contributed by atoms with Gasteiger partial charge in [0.2, 0.25) is 0 Å². The summed E-state index contributed by atoms with van der Waals surface area (Å²) in [7, 11) is 0. The molecule has 66 valence electrons. The molecule has 1 rings (SSSR count). The van der Waals surface area contributed by atoms with Crippen LogP contribution >= 0.6 is 11.8 Å². The van der Waals surface area contributed by atoms with Crippen LogP contribution in [-0.4, -0.2) is 12.0 Å². The van der Waals surface area contributed by atoms with E-state index in [1.165, 1.54) is 12.1 Å². The van der Waals surface area contributed by atoms with Gasteiger partial charge in [-0.15, -0.1) is 0 Å². The molecule has 0 spiro atoms. The molecule has 12 heavy (non-hydrogen) atoms. The molecule has 0 heterocycles. The van der Waals surface area contributed by atoms with E-state index < -0.39 is 0 Å². The van der Waals surface area contributed by atoms with Crippen LogP contribution in [0.4, 0.5) is 4.39 Å². The minimum atomic E-state index is -0.218. The summed E-state index contributed by atoms with van der Waals surface area (Å²) in [5, 5.41) is 0. The van der Waals surface area contributed by atoms with E-state index in [4.69, 9.17) is 5.73 Å². The summed E-state index contributed by atoms with van der Waals surface area (Å²) in [5.41, 5.74) is 6.65. The topological polar surface area (TPSA) is 26.0 Å². The Hall–Kier alpha value is -0.540. The van der Waals surface area contributed by atoms with Crippen LogP contribution in [-0.2, 0) is 0 Å². The lowest BCUT2D eigenvalue weighted by atomic mass is 10.1. The van der Waals surface area contributed by atoms with Crippen molar-refractivity contribution in [2.24, 2.45) is 5.73 Å². The Labute approximate surface area is 76.2 Å². The maximum atomic E-state index is 12.7. The standard InChI is InChI=1S/C9H12FNS/c1-12-6-9(11)7-3-2-4-8(10)5-7/h2-5,9H,6,11H2,1H3. The third-order valence-electron chi connectivity index (χ3n) is 1.62. The molecule has 0 amide bonds. The van der Waals surface area contributed by atoms with Crippen molar-refractivity contribution < 1.29 is 4.39 Å². The lowest BCUT2D eigenvalue weighted by Gasteiger charge is -2.09. The van der Waals surface area contributed by atoms with Crippen LogP contribution in [0.3, 0.4) is 0 Å². The molecule has 1 unspecified atom stereocenters. The lowest BCUT2D eigenvalue weighted by molar-refractivity contribution is 0.622. The molecule has 2 N–H and O–H groups in total. The van der Waals surface area contributed by atoms with Crippen molar-refractivity contribution in [1.29, 1.82) is 0 Å². The van der Waals surface area contributed by atoms with Gasteiger partial charge in [-0.1, -0.05) is 12.1 Å². The predicted molar refractivity (Wildman–Crippen MR) is 51.7 cm³/mol. The second-order valence-electron chi connectivity index (χ2n) is 2.62. The Kier molecular flexibility index (Phi) is 3.56. The molecule has 1 nitrogen and oxygen atoms in total. The monoisotopic (exact) mass is 185 g/mol. The Bertz CT molecular complexity index is 252. The fourth-order valence-electron chi connectivity index (χ4n) is 1.01. The molecule has 1 aromatic carbocycles. The molecule has 0 fully saturated rings. The van der Waals surface area contributed by atoms with Gasteiger partial charge >= 0.3 is 0 Å². The molecule has 0 saturated carbocycles. The Morgan fingerprint density at radius 2 is 2.33 bits per heavy atom. The zero-order valence-corrected chi connectivity index (χ0v) is 7.77. The second kappa shape index (κ2) is 4.48. The largest absolute Gasteiger partial charge is 0.323 e. The number of halogens is 1. The zero-order valence-electron chi connectivity index (χ0n) is 6.96. The SMILES string of the molecule is CSCC(N)c1cccc(F)c1. The zero-order chi connectivity index (χ0) is 8.97. The van der Waals surface area contributed by atoms with E-state index in [-0.39, 0.29) is 11.9 Å². The molecule has 0 saturated heterocycles. The second-order valence-corrected chi connectivity index (χ2v) is 3.53. The van der Waals surface area contributed by atoms with E-state index in [1.807, 2.05) is 12.3 Å². The van der Waals surface area contributed by atoms with E-state index in [0.29, 0.717) is 0 Å². The minimum absolute atomic E-state index is 0.0595. The smallest absolute Gasteiger partial charge is 0.123 e. The summed E-state index contributed by atoms with van der Waals surface area (Å²) in [6.07, 6.45) is 1.99. The normalized spacial score (nSPS) is 12.9. The molecule has 0 aliphatic rings. The van der Waals surface area contributed by atoms with Gasteiger partial charge < -0.3 is 5.73 Å². The maximum absolute atomic E-state index is 12.7. The highest BCUT2D eigenvalue weighted by Gasteiger charge is 2.04. The van der Waals surface area contributed by atoms with Crippen molar-refractivity contribution >= 4 is 11.8 Å². The third-order valence-corrected chi connectivity index (χ3v) is 2.32. The summed E-state index contributed by atoms with van der Waals surface area (Å²) in [4.78, 5) is 0. The van der Waals surface area contributed by atoms with E-state index >= 15 is 0 Å². The Morgan fingerprint density at radius 3 is 2.92 bits per heavy atom. The van der Waals surface area contributed by atoms with Gasteiger partial charge in [-0.05, 0) is 24.0 Å². The molecular formula is C9H12FNS. The van der Waals surface area contributed by atoms with Crippen LogP contribution < -0.4 is 5.73 Å². The number of benzene rings is 1. The molecule has 1 aromatic rings. The lowest BCUT2D eigenvalue weighted by Crippen LogP contribution is -2.12. The van der Waals surface area contributed by atoms with Gasteiger partial charge in [0, 0.05) is 11.8 Å². The van der Waals surface area contributed by atoms with Gasteiger partial charge in [-0.2, -0.15) is 11.8 Å². The number of hydrogen-bond donors (Lipinski definition) is 1. The molecule has 1 atom stereocenters. The van der Waals surface area contributed by atoms with Gasteiger partial charge in [-0.25, -0.2) is 4.39 Å². The summed E-state index contributed by atoms with van der Waals surface area (Å²) < 4.78 is 12.7. The van der Waals surface area contributed by atoms with Crippen LogP contribution in [0.2, 0.25) is 0 Å². The quantitative estimate of drug-likeness (QED) is 0.781. The molecule has 0 bridgehead atoms. The summed E-state index contributed by atoms with van der Waals surface area (Å²) >= 11 is 1.66. The average Bonchev–Trinajstić information content (AvgIpc) is 2.05. The Morgan fingerprint density at radius 1 is 1.58 bits per heavy atom. The third kappa shape index (κ3) is 2.50. The minimum Gasteiger partial charge on any atom is -0.323 e. The number of rotatable bonds is 3. The fourth-order valence-corrected chi connectivity index (χ4v) is 1.56. The van der Waals surface area contributed by atoms with Crippen LogP contribution in [0.5, 0.6) is 0 Å². The highest BCUT2D eigenvalue weighted by Crippen LogP contribution is 2.14. The summed E-state index contributed by atoms with van der Waals surface area (Å²) in [6.45, 7) is 0. The van der Waals surface area contributed by atoms with Gasteiger partial charge in [0.25, 0.3) is 0 Å². The molecule has 0 radical (unpaired) electrons. The first-order valence-corrected chi connectivity index (χ1v) is 5.13. The van der Waals surface area contributed by atoms with Crippen LogP contribution in [0.25, 0.3) is 0 Å². The van der Waals surface area contributed by atoms with Crippen molar-refractivity contribution in [2.75, 3.05) is 12.0 Å². The first-order chi connectivity index (χ1) is 5.74. The molecule has 0 aliphatic heterocycles. The summed E-state index contributed by atoms with van der Waals surface area (Å²) in [6, 6.07) is 6.39. The van der Waals surface area contributed by atoms with Gasteiger partial charge in [0.05, 0.1) is 0 Å². The number of nitrogens with two attached hydrogens (primary N) is 1. The van der Waals surface area contributed by atoms with E-state index in [9.17, 15) is 4.39 Å². The molecular weight excluding hydrogens is 173 g/mol. The maximum Gasteiger partial charge on any atom is 0.123 e. The van der Waals surface area contributed by atoms with E-state index in [0.717, 1.165) is 11.3 Å². The first-order valence-electron chi connectivity index (χ1n) is 3.74. The van der Waals surface area contributed by atoms with Crippen molar-refractivity contribution in [1.82, 2.24) is 0 Å². The number of thioether (sulfide) groups is 1. The predicted octanol–water partition coefficient (Wildman–Crippen LogP) is 2.19. The highest BCUT2D eigenvalue weighted by atomic mass is 32.2. The van der Waals surface area contributed by atoms with Crippen molar-refractivity contribution in [3.8, 4) is 0 Å². The van der Waals surface area contributed by atoms with Crippen LogP contribution in [0.15, 0.2) is 24.3 Å². The highest BCUT2D eigenvalue weighted by molar-refractivity contribution is 7.98. The summed E-state index contributed by atoms with van der Waals surface area (Å²) in [5.74, 6) is 0.604. The van der Waals surface area contributed by atoms with E-state index in [2.05, 4.69) is 0 Å². The van der Waals surface area contributed by atoms with E-state index in [1.54, 1.807) is 17.8 Å². The van der Waals surface area contributed by atoms with Gasteiger partial charge in [-0.3, -0.25) is 0 Å². The number of hydrogen-bond acceptors (Lipinski definition) is 2. The first kappa shape index (κ1) is 9.55. The van der Waals surface area contributed by atoms with Gasteiger partial charge in [0.15, 0.2) is 0 Å². The Balaban J connectivity index is 2.73. The van der Waals surface area contributed by atoms with Crippen LogP contribution in [0.1, 0.15) is 11.6 Å². The van der Waals surface area contributed by atoms with Crippen molar-refractivity contribution in [3.05, 3.63) is 35.6 Å². The molecule has 0 aromatic heterocycles. The average molecular weight is 185 g/mol.